The Kier molecular flexibility index (Phi) is 3.74. The Bertz CT molecular complexity index is 311. The zero-order valence-electron chi connectivity index (χ0n) is 8.73. The summed E-state index contributed by atoms with van der Waals surface area (Å²) in [6.45, 7) is 1.70. The number of pyridine rings is 1. The van der Waals surface area contributed by atoms with Crippen molar-refractivity contribution in [3.05, 3.63) is 42.4 Å². The minimum Gasteiger partial charge on any atom is -0.497 e. The number of ether oxygens (including phenoxy) is 1. The minimum atomic E-state index is 0.318. The molecule has 2 rings (SSSR count). The van der Waals surface area contributed by atoms with Gasteiger partial charge in [0.25, 0.3) is 0 Å². The molecule has 0 aromatic carbocycles. The fourth-order valence-electron chi connectivity index (χ4n) is 1.60. The molecule has 1 aliphatic heterocycles. The molecule has 0 aliphatic carbocycles. The average Bonchev–Trinajstić information content (AvgIpc) is 2.32. The lowest BCUT2D eigenvalue weighted by atomic mass is 10.1. The summed E-state index contributed by atoms with van der Waals surface area (Å²) in [5.74, 6) is 0. The summed E-state index contributed by atoms with van der Waals surface area (Å²) in [7, 11) is 0. The van der Waals surface area contributed by atoms with Gasteiger partial charge in [-0.2, -0.15) is 0 Å². The van der Waals surface area contributed by atoms with E-state index in [1.165, 1.54) is 0 Å². The first kappa shape index (κ1) is 10.2. The Morgan fingerprint density at radius 2 is 2.47 bits per heavy atom. The molecule has 1 aromatic rings. The predicted molar refractivity (Wildman–Crippen MR) is 59.2 cm³/mol. The van der Waals surface area contributed by atoms with E-state index in [2.05, 4.69) is 16.4 Å². The second kappa shape index (κ2) is 5.51. The van der Waals surface area contributed by atoms with Crippen molar-refractivity contribution in [3.8, 4) is 0 Å². The lowest BCUT2D eigenvalue weighted by Crippen LogP contribution is -2.28. The molecular formula is C12H16N2O. The van der Waals surface area contributed by atoms with E-state index in [-0.39, 0.29) is 0 Å². The molecule has 0 fully saturated rings. The van der Waals surface area contributed by atoms with Crippen molar-refractivity contribution in [2.75, 3.05) is 6.54 Å². The summed E-state index contributed by atoms with van der Waals surface area (Å²) >= 11 is 0. The third-order valence-corrected chi connectivity index (χ3v) is 2.43. The van der Waals surface area contributed by atoms with Crippen molar-refractivity contribution < 1.29 is 4.74 Å². The summed E-state index contributed by atoms with van der Waals surface area (Å²) < 4.78 is 5.45. The predicted octanol–water partition coefficient (Wildman–Crippen LogP) is 1.86. The van der Waals surface area contributed by atoms with Gasteiger partial charge in [-0.15, -0.1) is 0 Å². The van der Waals surface area contributed by atoms with Gasteiger partial charge in [0.05, 0.1) is 12.0 Å². The molecule has 1 unspecified atom stereocenters. The van der Waals surface area contributed by atoms with E-state index in [1.54, 1.807) is 6.26 Å². The Labute approximate surface area is 90.2 Å². The third kappa shape index (κ3) is 3.36. The van der Waals surface area contributed by atoms with E-state index in [1.807, 2.05) is 24.4 Å². The summed E-state index contributed by atoms with van der Waals surface area (Å²) in [5, 5.41) is 3.35. The van der Waals surface area contributed by atoms with Crippen LogP contribution < -0.4 is 5.32 Å². The molecule has 0 saturated carbocycles. The van der Waals surface area contributed by atoms with E-state index < -0.39 is 0 Å². The number of allylic oxidation sites excluding steroid dienone is 1. The van der Waals surface area contributed by atoms with Gasteiger partial charge in [-0.25, -0.2) is 0 Å². The van der Waals surface area contributed by atoms with Gasteiger partial charge in [-0.05, 0) is 31.1 Å². The number of hydrogen-bond donors (Lipinski definition) is 1. The van der Waals surface area contributed by atoms with Crippen molar-refractivity contribution in [1.29, 1.82) is 0 Å². The summed E-state index contributed by atoms with van der Waals surface area (Å²) in [6.07, 6.45) is 8.23. The smallest absolute Gasteiger partial charge is 0.110 e. The molecule has 0 amide bonds. The van der Waals surface area contributed by atoms with Crippen LogP contribution >= 0.6 is 0 Å². The van der Waals surface area contributed by atoms with Crippen LogP contribution in [0.15, 0.2) is 36.7 Å². The van der Waals surface area contributed by atoms with Gasteiger partial charge < -0.3 is 10.1 Å². The maximum atomic E-state index is 5.45. The molecule has 0 spiro atoms. The van der Waals surface area contributed by atoms with Crippen LogP contribution in [-0.2, 0) is 11.3 Å². The van der Waals surface area contributed by atoms with Crippen LogP contribution in [0.1, 0.15) is 18.5 Å². The van der Waals surface area contributed by atoms with Crippen LogP contribution in [0.4, 0.5) is 0 Å². The molecule has 80 valence electrons. The first-order chi connectivity index (χ1) is 7.45. The SMILES string of the molecule is C1=COC(CNCc2ccccn2)CC1. The molecule has 1 atom stereocenters. The molecular weight excluding hydrogens is 188 g/mol. The normalized spacial score (nSPS) is 19.9. The van der Waals surface area contributed by atoms with Crippen LogP contribution in [0, 0.1) is 0 Å². The highest BCUT2D eigenvalue weighted by atomic mass is 16.5. The van der Waals surface area contributed by atoms with E-state index in [9.17, 15) is 0 Å². The highest BCUT2D eigenvalue weighted by Gasteiger charge is 2.09. The van der Waals surface area contributed by atoms with Gasteiger partial charge in [0.2, 0.25) is 0 Å². The van der Waals surface area contributed by atoms with Crippen molar-refractivity contribution in [1.82, 2.24) is 10.3 Å². The largest absolute Gasteiger partial charge is 0.497 e. The number of nitrogens with zero attached hydrogens (tertiary/aromatic N) is 1. The van der Waals surface area contributed by atoms with Gasteiger partial charge in [-0.1, -0.05) is 6.07 Å². The molecule has 15 heavy (non-hydrogen) atoms. The molecule has 3 nitrogen and oxygen atoms in total. The standard InChI is InChI=1S/C12H16N2O/c1-3-7-14-11(5-1)9-13-10-12-6-2-4-8-15-12/h1,3-5,7-8,12-13H,2,6,9-10H2. The van der Waals surface area contributed by atoms with Crippen molar-refractivity contribution >= 4 is 0 Å². The van der Waals surface area contributed by atoms with Crippen LogP contribution in [0.25, 0.3) is 0 Å². The molecule has 2 heterocycles. The van der Waals surface area contributed by atoms with Crippen LogP contribution in [-0.4, -0.2) is 17.6 Å². The average molecular weight is 204 g/mol. The molecule has 0 radical (unpaired) electrons. The van der Waals surface area contributed by atoms with Crippen LogP contribution in [0.3, 0.4) is 0 Å². The highest BCUT2D eigenvalue weighted by molar-refractivity contribution is 5.02. The summed E-state index contributed by atoms with van der Waals surface area (Å²) in [4.78, 5) is 4.24. The molecule has 1 aromatic heterocycles. The topological polar surface area (TPSA) is 34.1 Å². The zero-order chi connectivity index (χ0) is 10.3. The van der Waals surface area contributed by atoms with Crippen molar-refractivity contribution in [2.24, 2.45) is 0 Å². The lowest BCUT2D eigenvalue weighted by molar-refractivity contribution is 0.122. The van der Waals surface area contributed by atoms with Gasteiger partial charge in [0.1, 0.15) is 6.10 Å². The van der Waals surface area contributed by atoms with E-state index in [0.29, 0.717) is 6.10 Å². The minimum absolute atomic E-state index is 0.318. The number of nitrogens with one attached hydrogen (secondary N) is 1. The maximum Gasteiger partial charge on any atom is 0.110 e. The first-order valence-electron chi connectivity index (χ1n) is 5.36. The zero-order valence-corrected chi connectivity index (χ0v) is 8.73. The third-order valence-electron chi connectivity index (χ3n) is 2.43. The maximum absolute atomic E-state index is 5.45. The molecule has 3 heteroatoms. The molecule has 0 bridgehead atoms. The fourth-order valence-corrected chi connectivity index (χ4v) is 1.60. The van der Waals surface area contributed by atoms with Crippen LogP contribution in [0.2, 0.25) is 0 Å². The van der Waals surface area contributed by atoms with Gasteiger partial charge in [0.15, 0.2) is 0 Å². The van der Waals surface area contributed by atoms with E-state index >= 15 is 0 Å². The monoisotopic (exact) mass is 204 g/mol. The fraction of sp³-hybridized carbons (Fsp3) is 0.417. The van der Waals surface area contributed by atoms with E-state index in [0.717, 1.165) is 31.6 Å². The summed E-state index contributed by atoms with van der Waals surface area (Å²) in [5.41, 5.74) is 1.07. The molecule has 1 N–H and O–H groups in total. The quantitative estimate of drug-likeness (QED) is 0.813. The molecule has 1 aliphatic rings. The number of hydrogen-bond acceptors (Lipinski definition) is 3. The lowest BCUT2D eigenvalue weighted by Gasteiger charge is -2.19. The van der Waals surface area contributed by atoms with Gasteiger partial charge in [-0.3, -0.25) is 4.98 Å². The van der Waals surface area contributed by atoms with E-state index in [4.69, 9.17) is 4.74 Å². The van der Waals surface area contributed by atoms with Gasteiger partial charge in [0, 0.05) is 19.3 Å². The first-order valence-corrected chi connectivity index (χ1v) is 5.36. The van der Waals surface area contributed by atoms with Gasteiger partial charge >= 0.3 is 0 Å². The number of aromatic nitrogens is 1. The summed E-state index contributed by atoms with van der Waals surface area (Å²) in [6, 6.07) is 5.96. The highest BCUT2D eigenvalue weighted by Crippen LogP contribution is 2.08. The molecule has 0 saturated heterocycles. The second-order valence-electron chi connectivity index (χ2n) is 3.66. The Balaban J connectivity index is 1.68. The van der Waals surface area contributed by atoms with Crippen LogP contribution in [0.5, 0.6) is 0 Å². The Morgan fingerprint density at radius 3 is 3.20 bits per heavy atom. The van der Waals surface area contributed by atoms with Crippen molar-refractivity contribution in [2.45, 2.75) is 25.5 Å². The number of rotatable bonds is 4. The Morgan fingerprint density at radius 1 is 1.47 bits per heavy atom. The Hall–Kier alpha value is -1.35. The second-order valence-corrected chi connectivity index (χ2v) is 3.66. The van der Waals surface area contributed by atoms with Crippen molar-refractivity contribution in [3.63, 3.8) is 0 Å².